The summed E-state index contributed by atoms with van der Waals surface area (Å²) in [6.07, 6.45) is 0.327. The first-order chi connectivity index (χ1) is 8.29. The number of amides is 2. The van der Waals surface area contributed by atoms with Crippen molar-refractivity contribution in [2.45, 2.75) is 25.9 Å². The highest BCUT2D eigenvalue weighted by Crippen LogP contribution is 2.28. The van der Waals surface area contributed by atoms with Gasteiger partial charge in [-0.25, -0.2) is 0 Å². The SMILES string of the molecule is CN(C(=O)C(C)(C)O)c1ccc2c(c1)CC(=O)N2. The molecule has 1 aromatic carbocycles. The highest BCUT2D eigenvalue weighted by atomic mass is 16.3. The Balaban J connectivity index is 2.28. The summed E-state index contributed by atoms with van der Waals surface area (Å²) >= 11 is 0. The number of rotatable bonds is 2. The van der Waals surface area contributed by atoms with Gasteiger partial charge in [0.2, 0.25) is 5.91 Å². The molecule has 0 aliphatic carbocycles. The lowest BCUT2D eigenvalue weighted by atomic mass is 10.1. The van der Waals surface area contributed by atoms with Crippen molar-refractivity contribution in [1.82, 2.24) is 0 Å². The fraction of sp³-hybridized carbons (Fsp3) is 0.385. The molecule has 0 aromatic heterocycles. The number of benzene rings is 1. The number of fused-ring (bicyclic) bond motifs is 1. The van der Waals surface area contributed by atoms with Crippen LogP contribution < -0.4 is 10.2 Å². The summed E-state index contributed by atoms with van der Waals surface area (Å²) in [7, 11) is 1.60. The van der Waals surface area contributed by atoms with E-state index in [2.05, 4.69) is 5.32 Å². The molecule has 5 nitrogen and oxygen atoms in total. The zero-order valence-corrected chi connectivity index (χ0v) is 10.7. The van der Waals surface area contributed by atoms with Crippen LogP contribution in [0.4, 0.5) is 11.4 Å². The second kappa shape index (κ2) is 4.10. The normalized spacial score (nSPS) is 14.1. The van der Waals surface area contributed by atoms with E-state index in [1.54, 1.807) is 25.2 Å². The molecule has 1 heterocycles. The number of carbonyl (C=O) groups is 2. The van der Waals surface area contributed by atoms with Crippen LogP contribution in [0.2, 0.25) is 0 Å². The number of nitrogens with one attached hydrogen (secondary N) is 1. The molecule has 5 heteroatoms. The number of hydrogen-bond acceptors (Lipinski definition) is 3. The summed E-state index contributed by atoms with van der Waals surface area (Å²) in [5.41, 5.74) is 0.903. The van der Waals surface area contributed by atoms with Crippen LogP contribution in [-0.2, 0) is 16.0 Å². The van der Waals surface area contributed by atoms with E-state index in [1.165, 1.54) is 18.7 Å². The molecule has 0 saturated carbocycles. The van der Waals surface area contributed by atoms with Gasteiger partial charge < -0.3 is 15.3 Å². The molecule has 0 bridgehead atoms. The van der Waals surface area contributed by atoms with Crippen LogP contribution in [0.15, 0.2) is 18.2 Å². The van der Waals surface area contributed by atoms with Crippen LogP contribution in [0.3, 0.4) is 0 Å². The van der Waals surface area contributed by atoms with Gasteiger partial charge in [0.25, 0.3) is 5.91 Å². The maximum Gasteiger partial charge on any atom is 0.258 e. The van der Waals surface area contributed by atoms with Crippen LogP contribution in [0.1, 0.15) is 19.4 Å². The van der Waals surface area contributed by atoms with E-state index in [0.717, 1.165) is 11.3 Å². The van der Waals surface area contributed by atoms with Crippen LogP contribution in [-0.4, -0.2) is 29.6 Å². The topological polar surface area (TPSA) is 69.6 Å². The van der Waals surface area contributed by atoms with Crippen LogP contribution in [0.5, 0.6) is 0 Å². The summed E-state index contributed by atoms with van der Waals surface area (Å²) in [4.78, 5) is 24.6. The molecule has 0 atom stereocenters. The summed E-state index contributed by atoms with van der Waals surface area (Å²) < 4.78 is 0. The van der Waals surface area contributed by atoms with E-state index >= 15 is 0 Å². The lowest BCUT2D eigenvalue weighted by Crippen LogP contribution is -2.43. The second-order valence-electron chi connectivity index (χ2n) is 4.99. The summed E-state index contributed by atoms with van der Waals surface area (Å²) in [5, 5.41) is 12.4. The van der Waals surface area contributed by atoms with E-state index in [1.807, 2.05) is 0 Å². The molecule has 0 spiro atoms. The molecular weight excluding hydrogens is 232 g/mol. The average molecular weight is 248 g/mol. The molecule has 1 aromatic rings. The van der Waals surface area contributed by atoms with Gasteiger partial charge in [0.05, 0.1) is 6.42 Å². The fourth-order valence-electron chi connectivity index (χ4n) is 1.95. The Morgan fingerprint density at radius 2 is 2.11 bits per heavy atom. The van der Waals surface area contributed by atoms with Crippen molar-refractivity contribution < 1.29 is 14.7 Å². The standard InChI is InChI=1S/C13H16N2O3/c1-13(2,18)12(17)15(3)9-4-5-10-8(6-9)7-11(16)14-10/h4-6,18H,7H2,1-3H3,(H,14,16). The van der Waals surface area contributed by atoms with E-state index in [-0.39, 0.29) is 11.8 Å². The Morgan fingerprint density at radius 1 is 1.44 bits per heavy atom. The van der Waals surface area contributed by atoms with Gasteiger partial charge in [-0.3, -0.25) is 9.59 Å². The van der Waals surface area contributed by atoms with Gasteiger partial charge in [0, 0.05) is 18.4 Å². The van der Waals surface area contributed by atoms with Crippen molar-refractivity contribution in [3.8, 4) is 0 Å². The first kappa shape index (κ1) is 12.6. The van der Waals surface area contributed by atoms with Crippen molar-refractivity contribution >= 4 is 23.2 Å². The quantitative estimate of drug-likeness (QED) is 0.817. The summed E-state index contributed by atoms with van der Waals surface area (Å²) in [6, 6.07) is 5.30. The number of likely N-dealkylation sites (N-methyl/N-ethyl adjacent to an activating group) is 1. The van der Waals surface area contributed by atoms with E-state index in [9.17, 15) is 14.7 Å². The average Bonchev–Trinajstić information content (AvgIpc) is 2.64. The predicted octanol–water partition coefficient (Wildman–Crippen LogP) is 0.915. The fourth-order valence-corrected chi connectivity index (χ4v) is 1.95. The second-order valence-corrected chi connectivity index (χ2v) is 4.99. The molecule has 96 valence electrons. The number of carbonyl (C=O) groups excluding carboxylic acids is 2. The van der Waals surface area contributed by atoms with Crippen LogP contribution in [0, 0.1) is 0 Å². The van der Waals surface area contributed by atoms with Gasteiger partial charge in [-0.2, -0.15) is 0 Å². The Labute approximate surface area is 105 Å². The molecule has 0 radical (unpaired) electrons. The Morgan fingerprint density at radius 3 is 2.72 bits per heavy atom. The number of anilines is 2. The third kappa shape index (κ3) is 2.22. The maximum atomic E-state index is 11.9. The first-order valence-corrected chi connectivity index (χ1v) is 5.72. The van der Waals surface area contributed by atoms with Crippen molar-refractivity contribution in [3.63, 3.8) is 0 Å². The Kier molecular flexibility index (Phi) is 2.86. The van der Waals surface area contributed by atoms with Gasteiger partial charge in [0.1, 0.15) is 5.60 Å². The van der Waals surface area contributed by atoms with E-state index < -0.39 is 5.60 Å². The molecule has 2 amide bonds. The van der Waals surface area contributed by atoms with Crippen molar-refractivity contribution in [1.29, 1.82) is 0 Å². The Hall–Kier alpha value is -1.88. The van der Waals surface area contributed by atoms with Crippen molar-refractivity contribution in [3.05, 3.63) is 23.8 Å². The zero-order chi connectivity index (χ0) is 13.5. The first-order valence-electron chi connectivity index (χ1n) is 5.72. The maximum absolute atomic E-state index is 11.9. The molecule has 2 N–H and O–H groups in total. The molecule has 2 rings (SSSR count). The van der Waals surface area contributed by atoms with Crippen molar-refractivity contribution in [2.24, 2.45) is 0 Å². The lowest BCUT2D eigenvalue weighted by molar-refractivity contribution is -0.133. The minimum Gasteiger partial charge on any atom is -0.381 e. The van der Waals surface area contributed by atoms with Gasteiger partial charge in [-0.15, -0.1) is 0 Å². The molecule has 0 unspecified atom stereocenters. The lowest BCUT2D eigenvalue weighted by Gasteiger charge is -2.25. The van der Waals surface area contributed by atoms with Gasteiger partial charge in [0.15, 0.2) is 0 Å². The molecule has 0 saturated heterocycles. The van der Waals surface area contributed by atoms with Crippen LogP contribution in [0.25, 0.3) is 0 Å². The monoisotopic (exact) mass is 248 g/mol. The summed E-state index contributed by atoms with van der Waals surface area (Å²) in [6.45, 7) is 2.90. The van der Waals surface area contributed by atoms with Gasteiger partial charge in [-0.1, -0.05) is 0 Å². The molecule has 1 aliphatic heterocycles. The zero-order valence-electron chi connectivity index (χ0n) is 10.7. The largest absolute Gasteiger partial charge is 0.381 e. The highest BCUT2D eigenvalue weighted by molar-refractivity contribution is 6.01. The van der Waals surface area contributed by atoms with Crippen LogP contribution >= 0.6 is 0 Å². The minimum atomic E-state index is -1.41. The number of nitrogens with zero attached hydrogens (tertiary/aromatic N) is 1. The predicted molar refractivity (Wildman–Crippen MR) is 68.5 cm³/mol. The third-order valence-electron chi connectivity index (χ3n) is 2.93. The third-order valence-corrected chi connectivity index (χ3v) is 2.93. The van der Waals surface area contributed by atoms with E-state index in [4.69, 9.17) is 0 Å². The molecule has 1 aliphatic rings. The van der Waals surface area contributed by atoms with Gasteiger partial charge >= 0.3 is 0 Å². The molecular formula is C13H16N2O3. The summed E-state index contributed by atoms with van der Waals surface area (Å²) in [5.74, 6) is -0.432. The number of aliphatic hydroxyl groups is 1. The minimum absolute atomic E-state index is 0.0429. The molecule has 0 fully saturated rings. The Bertz CT molecular complexity index is 517. The number of hydrogen-bond donors (Lipinski definition) is 2. The highest BCUT2D eigenvalue weighted by Gasteiger charge is 2.28. The van der Waals surface area contributed by atoms with Gasteiger partial charge in [-0.05, 0) is 37.6 Å². The smallest absolute Gasteiger partial charge is 0.258 e. The van der Waals surface area contributed by atoms with Crippen molar-refractivity contribution in [2.75, 3.05) is 17.3 Å². The van der Waals surface area contributed by atoms with E-state index in [0.29, 0.717) is 12.1 Å². The molecule has 18 heavy (non-hydrogen) atoms.